The molecule has 1 atom stereocenters. The van der Waals surface area contributed by atoms with E-state index in [-0.39, 0.29) is 0 Å². The molecular formula is C18H19ClN2O2S. The molecule has 1 aliphatic heterocycles. The fraction of sp³-hybridized carbons (Fsp3) is 0.278. The number of carbonyl (C=O) groups is 1. The molecule has 0 saturated carbocycles. The van der Waals surface area contributed by atoms with E-state index in [1.807, 2.05) is 22.5 Å². The summed E-state index contributed by atoms with van der Waals surface area (Å²) >= 11 is 5.86. The Balaban J connectivity index is 2.05. The Morgan fingerprint density at radius 2 is 1.58 bits per heavy atom. The first-order valence-electron chi connectivity index (χ1n) is 7.97. The van der Waals surface area contributed by atoms with Gasteiger partial charge in [-0.05, 0) is 49.2 Å². The van der Waals surface area contributed by atoms with Gasteiger partial charge in [-0.25, -0.2) is 8.51 Å². The maximum Gasteiger partial charge on any atom is 0.286 e. The fourth-order valence-corrected chi connectivity index (χ4v) is 4.97. The highest BCUT2D eigenvalue weighted by molar-refractivity contribution is 7.91. The van der Waals surface area contributed by atoms with Gasteiger partial charge in [0.1, 0.15) is 9.92 Å². The summed E-state index contributed by atoms with van der Waals surface area (Å²) in [5.41, 5.74) is 0.389. The van der Waals surface area contributed by atoms with E-state index in [0.717, 1.165) is 19.3 Å². The van der Waals surface area contributed by atoms with E-state index in [0.29, 0.717) is 28.6 Å². The largest absolute Gasteiger partial charge is 0.286 e. The van der Waals surface area contributed by atoms with Crippen LogP contribution in [0.25, 0.3) is 0 Å². The first-order valence-corrected chi connectivity index (χ1v) is 9.82. The van der Waals surface area contributed by atoms with Crippen molar-refractivity contribution >= 4 is 27.4 Å². The zero-order chi connectivity index (χ0) is 17.0. The second kappa shape index (κ2) is 7.47. The van der Waals surface area contributed by atoms with Crippen molar-refractivity contribution in [2.75, 3.05) is 13.1 Å². The van der Waals surface area contributed by atoms with E-state index in [9.17, 15) is 9.00 Å². The topological polar surface area (TPSA) is 49.7 Å². The summed E-state index contributed by atoms with van der Waals surface area (Å²) in [4.78, 5) is 13.1. The SMILES string of the molecule is O=C(N=S(=O)(c1ccccc1)N1CCCCC1)c1ccc(Cl)cc1. The van der Waals surface area contributed by atoms with Crippen LogP contribution in [0.2, 0.25) is 5.02 Å². The Labute approximate surface area is 147 Å². The van der Waals surface area contributed by atoms with Crippen LogP contribution in [0, 0.1) is 0 Å². The predicted octanol–water partition coefficient (Wildman–Crippen LogP) is 4.41. The standard InChI is InChI=1S/C18H19ClN2O2S/c19-16-11-9-15(10-12-16)18(22)20-24(23,17-7-3-1-4-8-17)21-13-5-2-6-14-21/h1,3-4,7-12H,2,5-6,13-14H2. The molecule has 6 heteroatoms. The van der Waals surface area contributed by atoms with E-state index in [1.54, 1.807) is 36.4 Å². The molecule has 0 radical (unpaired) electrons. The highest BCUT2D eigenvalue weighted by Gasteiger charge is 2.26. The summed E-state index contributed by atoms with van der Waals surface area (Å²) < 4.78 is 19.7. The highest BCUT2D eigenvalue weighted by Crippen LogP contribution is 2.24. The molecule has 0 aliphatic carbocycles. The van der Waals surface area contributed by atoms with Gasteiger partial charge < -0.3 is 0 Å². The second-order valence-electron chi connectivity index (χ2n) is 5.70. The first kappa shape index (κ1) is 17.1. The van der Waals surface area contributed by atoms with E-state index < -0.39 is 15.8 Å². The van der Waals surface area contributed by atoms with Gasteiger partial charge in [0.15, 0.2) is 0 Å². The molecule has 1 heterocycles. The average Bonchev–Trinajstić information content (AvgIpc) is 2.63. The van der Waals surface area contributed by atoms with Crippen LogP contribution in [0.4, 0.5) is 0 Å². The summed E-state index contributed by atoms with van der Waals surface area (Å²) in [7, 11) is -2.95. The number of nitrogens with zero attached hydrogens (tertiary/aromatic N) is 2. The quantitative estimate of drug-likeness (QED) is 0.812. The molecule has 0 N–H and O–H groups in total. The molecule has 0 aromatic heterocycles. The van der Waals surface area contributed by atoms with Crippen LogP contribution in [0.1, 0.15) is 29.6 Å². The number of benzene rings is 2. The summed E-state index contributed by atoms with van der Waals surface area (Å²) in [5.74, 6) is -0.480. The highest BCUT2D eigenvalue weighted by atomic mass is 35.5. The third-order valence-electron chi connectivity index (χ3n) is 4.01. The van der Waals surface area contributed by atoms with Crippen LogP contribution in [0.15, 0.2) is 63.9 Å². The molecule has 3 rings (SSSR count). The van der Waals surface area contributed by atoms with Gasteiger partial charge in [0.05, 0.1) is 4.90 Å². The van der Waals surface area contributed by atoms with Crippen molar-refractivity contribution in [1.82, 2.24) is 4.31 Å². The van der Waals surface area contributed by atoms with Crippen molar-refractivity contribution in [2.24, 2.45) is 4.36 Å². The minimum absolute atomic E-state index is 0.389. The Bertz CT molecular complexity index is 822. The molecule has 1 amide bonds. The lowest BCUT2D eigenvalue weighted by Gasteiger charge is -2.29. The van der Waals surface area contributed by atoms with Crippen LogP contribution in [0.3, 0.4) is 0 Å². The molecule has 1 unspecified atom stereocenters. The Morgan fingerprint density at radius 1 is 0.958 bits per heavy atom. The summed E-state index contributed by atoms with van der Waals surface area (Å²) in [6.07, 6.45) is 3.05. The third kappa shape index (κ3) is 3.69. The molecule has 4 nitrogen and oxygen atoms in total. The lowest BCUT2D eigenvalue weighted by Crippen LogP contribution is -2.36. The van der Waals surface area contributed by atoms with Gasteiger partial charge >= 0.3 is 0 Å². The van der Waals surface area contributed by atoms with Crippen molar-refractivity contribution < 1.29 is 9.00 Å². The monoisotopic (exact) mass is 362 g/mol. The molecule has 126 valence electrons. The normalized spacial score (nSPS) is 17.9. The van der Waals surface area contributed by atoms with Crippen LogP contribution in [0.5, 0.6) is 0 Å². The Kier molecular flexibility index (Phi) is 5.33. The van der Waals surface area contributed by atoms with Crippen LogP contribution in [-0.4, -0.2) is 27.5 Å². The molecule has 2 aromatic rings. The van der Waals surface area contributed by atoms with Gasteiger partial charge in [-0.1, -0.05) is 36.2 Å². The molecule has 1 aliphatic rings. The number of amides is 1. The van der Waals surface area contributed by atoms with Gasteiger partial charge in [-0.15, -0.1) is 4.36 Å². The predicted molar refractivity (Wildman–Crippen MR) is 96.5 cm³/mol. The zero-order valence-electron chi connectivity index (χ0n) is 13.2. The molecule has 0 spiro atoms. The fourth-order valence-electron chi connectivity index (χ4n) is 2.73. The lowest BCUT2D eigenvalue weighted by molar-refractivity contribution is 0.100. The van der Waals surface area contributed by atoms with E-state index >= 15 is 0 Å². The maximum absolute atomic E-state index is 13.7. The third-order valence-corrected chi connectivity index (χ3v) is 6.63. The minimum atomic E-state index is -2.95. The minimum Gasteiger partial charge on any atom is -0.266 e. The van der Waals surface area contributed by atoms with Crippen molar-refractivity contribution in [3.05, 3.63) is 65.2 Å². The Hall–Kier alpha value is -1.69. The molecule has 0 bridgehead atoms. The van der Waals surface area contributed by atoms with Crippen LogP contribution in [-0.2, 0) is 9.92 Å². The van der Waals surface area contributed by atoms with E-state index in [1.165, 1.54) is 0 Å². The summed E-state index contributed by atoms with van der Waals surface area (Å²) in [6, 6.07) is 15.5. The number of halogens is 1. The lowest BCUT2D eigenvalue weighted by atomic mass is 10.2. The van der Waals surface area contributed by atoms with Gasteiger partial charge in [-0.2, -0.15) is 0 Å². The van der Waals surface area contributed by atoms with Crippen molar-refractivity contribution in [3.63, 3.8) is 0 Å². The van der Waals surface area contributed by atoms with Gasteiger partial charge in [0, 0.05) is 23.7 Å². The number of hydrogen-bond acceptors (Lipinski definition) is 2. The summed E-state index contributed by atoms with van der Waals surface area (Å²) in [6.45, 7) is 1.37. The smallest absolute Gasteiger partial charge is 0.266 e. The maximum atomic E-state index is 13.7. The van der Waals surface area contributed by atoms with Crippen molar-refractivity contribution in [2.45, 2.75) is 24.2 Å². The van der Waals surface area contributed by atoms with E-state index in [4.69, 9.17) is 11.6 Å². The van der Waals surface area contributed by atoms with Crippen molar-refractivity contribution in [3.8, 4) is 0 Å². The molecule has 2 aromatic carbocycles. The van der Waals surface area contributed by atoms with Gasteiger partial charge in [-0.3, -0.25) is 4.79 Å². The van der Waals surface area contributed by atoms with Gasteiger partial charge in [0.2, 0.25) is 0 Å². The first-order chi connectivity index (χ1) is 11.6. The average molecular weight is 363 g/mol. The Morgan fingerprint density at radius 3 is 2.21 bits per heavy atom. The molecule has 1 fully saturated rings. The van der Waals surface area contributed by atoms with E-state index in [2.05, 4.69) is 4.36 Å². The van der Waals surface area contributed by atoms with Gasteiger partial charge in [0.25, 0.3) is 5.91 Å². The number of hydrogen-bond donors (Lipinski definition) is 0. The molecular weight excluding hydrogens is 344 g/mol. The summed E-state index contributed by atoms with van der Waals surface area (Å²) in [5, 5.41) is 0.548. The number of carbonyl (C=O) groups excluding carboxylic acids is 1. The molecule has 1 saturated heterocycles. The number of piperidine rings is 1. The molecule has 24 heavy (non-hydrogen) atoms. The van der Waals surface area contributed by atoms with Crippen LogP contribution < -0.4 is 0 Å². The van der Waals surface area contributed by atoms with Crippen LogP contribution >= 0.6 is 11.6 Å². The number of rotatable bonds is 3. The zero-order valence-corrected chi connectivity index (χ0v) is 14.8. The van der Waals surface area contributed by atoms with Crippen molar-refractivity contribution in [1.29, 1.82) is 0 Å². The second-order valence-corrected chi connectivity index (χ2v) is 8.30.